The highest BCUT2D eigenvalue weighted by molar-refractivity contribution is 5.46. The predicted octanol–water partition coefficient (Wildman–Crippen LogP) is 6.32. The molecule has 0 amide bonds. The van der Waals surface area contributed by atoms with Gasteiger partial charge < -0.3 is 38.3 Å². The maximum absolute atomic E-state index is 11.0. The molecule has 8 heteroatoms. The number of methoxy groups -OCH3 is 5. The molecule has 1 N–H and O–H groups in total. The molecule has 0 spiro atoms. The fourth-order valence-electron chi connectivity index (χ4n) is 5.28. The summed E-state index contributed by atoms with van der Waals surface area (Å²) in [5.41, 5.74) is 2.70. The molecule has 0 aromatic heterocycles. The van der Waals surface area contributed by atoms with Gasteiger partial charge in [0, 0.05) is 0 Å². The molecular formula is C32H40O8. The normalized spacial score (nSPS) is 21.8. The van der Waals surface area contributed by atoms with E-state index in [0.29, 0.717) is 40.1 Å². The van der Waals surface area contributed by atoms with Gasteiger partial charge in [-0.25, -0.2) is 0 Å². The summed E-state index contributed by atoms with van der Waals surface area (Å²) in [6.07, 6.45) is -1.69. The molecule has 1 aliphatic rings. The van der Waals surface area contributed by atoms with Crippen molar-refractivity contribution in [2.24, 2.45) is 11.8 Å². The van der Waals surface area contributed by atoms with Crippen molar-refractivity contribution in [1.82, 2.24) is 0 Å². The van der Waals surface area contributed by atoms with E-state index < -0.39 is 12.2 Å². The molecule has 1 fully saturated rings. The van der Waals surface area contributed by atoms with Gasteiger partial charge in [-0.1, -0.05) is 32.0 Å². The van der Waals surface area contributed by atoms with E-state index in [2.05, 4.69) is 13.8 Å². The molecule has 0 unspecified atom stereocenters. The Hall–Kier alpha value is -3.62. The zero-order chi connectivity index (χ0) is 29.0. The minimum absolute atomic E-state index is 0.0987. The van der Waals surface area contributed by atoms with E-state index in [1.54, 1.807) is 53.7 Å². The molecule has 4 rings (SSSR count). The lowest BCUT2D eigenvalue weighted by Crippen LogP contribution is -2.22. The summed E-state index contributed by atoms with van der Waals surface area (Å²) >= 11 is 0. The van der Waals surface area contributed by atoms with E-state index in [0.717, 1.165) is 11.1 Å². The second kappa shape index (κ2) is 12.7. The van der Waals surface area contributed by atoms with Gasteiger partial charge in [0.15, 0.2) is 34.5 Å². The van der Waals surface area contributed by atoms with Crippen molar-refractivity contribution < 1.29 is 38.3 Å². The zero-order valence-corrected chi connectivity index (χ0v) is 24.5. The maximum atomic E-state index is 11.0. The van der Waals surface area contributed by atoms with Crippen LogP contribution in [-0.4, -0.2) is 46.8 Å². The summed E-state index contributed by atoms with van der Waals surface area (Å²) in [6, 6.07) is 17.1. The van der Waals surface area contributed by atoms with E-state index in [1.807, 2.05) is 43.3 Å². The molecule has 1 aliphatic heterocycles. The molecule has 1 heterocycles. The lowest BCUT2D eigenvalue weighted by molar-refractivity contribution is 0.0284. The van der Waals surface area contributed by atoms with E-state index in [9.17, 15) is 5.11 Å². The van der Waals surface area contributed by atoms with Crippen molar-refractivity contribution in [2.75, 3.05) is 35.5 Å². The molecule has 0 aliphatic carbocycles. The third kappa shape index (κ3) is 5.78. The molecule has 0 bridgehead atoms. The van der Waals surface area contributed by atoms with Gasteiger partial charge in [0.25, 0.3) is 0 Å². The van der Waals surface area contributed by atoms with Gasteiger partial charge in [0.05, 0.1) is 47.8 Å². The minimum atomic E-state index is -0.898. The fraction of sp³-hybridized carbons (Fsp3) is 0.438. The highest BCUT2D eigenvalue weighted by Crippen LogP contribution is 2.50. The summed E-state index contributed by atoms with van der Waals surface area (Å²) in [5.74, 6) is 4.12. The van der Waals surface area contributed by atoms with Gasteiger partial charge in [0.1, 0.15) is 12.2 Å². The molecule has 8 nitrogen and oxygen atoms in total. The van der Waals surface area contributed by atoms with Crippen LogP contribution >= 0.6 is 0 Å². The van der Waals surface area contributed by atoms with E-state index in [1.165, 1.54) is 0 Å². The summed E-state index contributed by atoms with van der Waals surface area (Å²) in [7, 11) is 8.00. The number of hydrogen-bond acceptors (Lipinski definition) is 8. The molecule has 216 valence electrons. The quantitative estimate of drug-likeness (QED) is 0.296. The Morgan fingerprint density at radius 2 is 1.02 bits per heavy atom. The molecule has 0 saturated carbocycles. The van der Waals surface area contributed by atoms with Crippen LogP contribution in [-0.2, 0) is 4.74 Å². The minimum Gasteiger partial charge on any atom is -0.493 e. The topological polar surface area (TPSA) is 84.8 Å². The Morgan fingerprint density at radius 3 is 1.52 bits per heavy atom. The molecule has 6 atom stereocenters. The molecule has 3 aromatic carbocycles. The van der Waals surface area contributed by atoms with Crippen molar-refractivity contribution in [3.63, 3.8) is 0 Å². The Balaban J connectivity index is 1.52. The summed E-state index contributed by atoms with van der Waals surface area (Å²) in [4.78, 5) is 0. The second-order valence-corrected chi connectivity index (χ2v) is 10.1. The predicted molar refractivity (Wildman–Crippen MR) is 152 cm³/mol. The first kappa shape index (κ1) is 29.4. The Kier molecular flexibility index (Phi) is 9.32. The summed E-state index contributed by atoms with van der Waals surface area (Å²) in [5, 5.41) is 11.0. The molecule has 1 saturated heterocycles. The fourth-order valence-corrected chi connectivity index (χ4v) is 5.28. The standard InChI is InChI=1S/C32H40O8/c1-18-19(2)32(40-31(18)22-10-13-25(35-5)28(16-22)37-7)23-11-14-26(29(17-23)38-8)39-20(3)30(33)21-9-12-24(34-4)27(15-21)36-6/h9-20,30-33H,1-8H3/t18-,19-,20-,30+,31+,32+/m1/s1. The number of rotatable bonds is 11. The van der Waals surface area contributed by atoms with Gasteiger partial charge in [-0.05, 0) is 71.8 Å². The van der Waals surface area contributed by atoms with Crippen molar-refractivity contribution in [3.8, 4) is 34.5 Å². The van der Waals surface area contributed by atoms with Crippen LogP contribution in [0, 0.1) is 11.8 Å². The Bertz CT molecular complexity index is 1290. The maximum Gasteiger partial charge on any atom is 0.161 e. The lowest BCUT2D eigenvalue weighted by atomic mass is 9.85. The van der Waals surface area contributed by atoms with Crippen molar-refractivity contribution in [3.05, 3.63) is 71.3 Å². The highest BCUT2D eigenvalue weighted by Gasteiger charge is 2.41. The van der Waals surface area contributed by atoms with Gasteiger partial charge >= 0.3 is 0 Å². The highest BCUT2D eigenvalue weighted by atomic mass is 16.5. The molecule has 40 heavy (non-hydrogen) atoms. The first-order valence-corrected chi connectivity index (χ1v) is 13.4. The van der Waals surface area contributed by atoms with E-state index in [4.69, 9.17) is 33.2 Å². The van der Waals surface area contributed by atoms with E-state index in [-0.39, 0.29) is 24.0 Å². The number of aliphatic hydroxyl groups is 1. The average Bonchev–Trinajstić information content (AvgIpc) is 3.29. The van der Waals surface area contributed by atoms with Crippen LogP contribution in [0.2, 0.25) is 0 Å². The van der Waals surface area contributed by atoms with Crippen molar-refractivity contribution >= 4 is 0 Å². The van der Waals surface area contributed by atoms with Crippen LogP contribution < -0.4 is 28.4 Å². The van der Waals surface area contributed by atoms with Crippen molar-refractivity contribution in [1.29, 1.82) is 0 Å². The monoisotopic (exact) mass is 552 g/mol. The SMILES string of the molecule is COc1ccc([C@@H](O)[C@@H](C)Oc2ccc([C@H]3O[C@H](c4ccc(OC)c(OC)c4)[C@H](C)[C@H]3C)cc2OC)cc1OC. The van der Waals surface area contributed by atoms with Crippen LogP contribution in [0.3, 0.4) is 0 Å². The third-order valence-corrected chi connectivity index (χ3v) is 7.84. The average molecular weight is 553 g/mol. The van der Waals surface area contributed by atoms with Gasteiger partial charge in [-0.2, -0.15) is 0 Å². The van der Waals surface area contributed by atoms with Gasteiger partial charge in [0.2, 0.25) is 0 Å². The zero-order valence-electron chi connectivity index (χ0n) is 24.5. The van der Waals surface area contributed by atoms with Crippen LogP contribution in [0.15, 0.2) is 54.6 Å². The smallest absolute Gasteiger partial charge is 0.161 e. The second-order valence-electron chi connectivity index (χ2n) is 10.1. The van der Waals surface area contributed by atoms with Gasteiger partial charge in [-0.3, -0.25) is 0 Å². The Labute approximate surface area is 236 Å². The number of hydrogen-bond donors (Lipinski definition) is 1. The molecule has 0 radical (unpaired) electrons. The number of benzene rings is 3. The first-order chi connectivity index (χ1) is 19.3. The number of ether oxygens (including phenoxy) is 7. The lowest BCUT2D eigenvalue weighted by Gasteiger charge is -2.24. The molecular weight excluding hydrogens is 512 g/mol. The molecule has 3 aromatic rings. The van der Waals surface area contributed by atoms with Crippen LogP contribution in [0.25, 0.3) is 0 Å². The van der Waals surface area contributed by atoms with E-state index >= 15 is 0 Å². The van der Waals surface area contributed by atoms with Crippen LogP contribution in [0.1, 0.15) is 55.8 Å². The third-order valence-electron chi connectivity index (χ3n) is 7.84. The van der Waals surface area contributed by atoms with Crippen molar-refractivity contribution in [2.45, 2.75) is 45.2 Å². The summed E-state index contributed by atoms with van der Waals surface area (Å²) in [6.45, 7) is 6.22. The summed E-state index contributed by atoms with van der Waals surface area (Å²) < 4.78 is 40.1. The van der Waals surface area contributed by atoms with Gasteiger partial charge in [-0.15, -0.1) is 0 Å². The number of aliphatic hydroxyl groups excluding tert-OH is 1. The van der Waals surface area contributed by atoms with Crippen LogP contribution in [0.5, 0.6) is 34.5 Å². The Morgan fingerprint density at radius 1 is 0.600 bits per heavy atom. The van der Waals surface area contributed by atoms with Crippen LogP contribution in [0.4, 0.5) is 0 Å². The first-order valence-electron chi connectivity index (χ1n) is 13.4. The largest absolute Gasteiger partial charge is 0.493 e.